The average molecular weight is 249 g/mol. The van der Waals surface area contributed by atoms with Gasteiger partial charge in [-0.05, 0) is 12.1 Å². The molecule has 1 N–H and O–H groups in total. The van der Waals surface area contributed by atoms with Crippen LogP contribution in [0.2, 0.25) is 0 Å². The lowest BCUT2D eigenvalue weighted by molar-refractivity contribution is 0.482. The first-order chi connectivity index (χ1) is 6.07. The van der Waals surface area contributed by atoms with Crippen LogP contribution in [0.5, 0.6) is 0 Å². The summed E-state index contributed by atoms with van der Waals surface area (Å²) in [6.45, 7) is 0. The van der Waals surface area contributed by atoms with Gasteiger partial charge in [0.05, 0.1) is 10.2 Å². The van der Waals surface area contributed by atoms with E-state index < -0.39 is 10.1 Å². The number of hydrogen-bond acceptors (Lipinski definition) is 4. The lowest BCUT2D eigenvalue weighted by Crippen LogP contribution is -1.95. The van der Waals surface area contributed by atoms with Crippen molar-refractivity contribution in [3.8, 4) is 0 Å². The van der Waals surface area contributed by atoms with E-state index in [0.29, 0.717) is 5.52 Å². The van der Waals surface area contributed by atoms with E-state index in [-0.39, 0.29) is 17.8 Å². The zero-order chi connectivity index (χ0) is 9.47. The van der Waals surface area contributed by atoms with Gasteiger partial charge in [-0.3, -0.25) is 4.55 Å². The fourth-order valence-corrected chi connectivity index (χ4v) is 2.56. The van der Waals surface area contributed by atoms with Gasteiger partial charge < -0.3 is 0 Å². The van der Waals surface area contributed by atoms with Gasteiger partial charge in [0.1, 0.15) is 0 Å². The van der Waals surface area contributed by atoms with Crippen molar-refractivity contribution in [2.75, 3.05) is 0 Å². The van der Waals surface area contributed by atoms with Crippen LogP contribution < -0.4 is 0 Å². The van der Waals surface area contributed by atoms with Gasteiger partial charge in [0.2, 0.25) is 4.34 Å². The molecule has 14 heavy (non-hydrogen) atoms. The Hall–Kier alpha value is -0.630. The number of thiazole rings is 1. The fourth-order valence-electron chi connectivity index (χ4n) is 0.961. The molecule has 0 spiro atoms. The summed E-state index contributed by atoms with van der Waals surface area (Å²) in [5.74, 6) is 0. The summed E-state index contributed by atoms with van der Waals surface area (Å²) in [4.78, 5) is 3.76. The van der Waals surface area contributed by atoms with Gasteiger partial charge in [-0.25, -0.2) is 4.98 Å². The van der Waals surface area contributed by atoms with Gasteiger partial charge in [0.25, 0.3) is 0 Å². The maximum absolute atomic E-state index is 10.7. The first kappa shape index (κ1) is 11.4. The summed E-state index contributed by atoms with van der Waals surface area (Å²) in [7, 11) is -4.16. The normalized spacial score (nSPS) is 11.2. The molecule has 0 saturated carbocycles. The monoisotopic (exact) mass is 249 g/mol. The summed E-state index contributed by atoms with van der Waals surface area (Å²) in [6.07, 6.45) is 0. The molecule has 1 aromatic heterocycles. The number of benzene rings is 1. The molecule has 0 fully saturated rings. The van der Waals surface area contributed by atoms with Gasteiger partial charge in [-0.15, -0.1) is 11.3 Å². The van der Waals surface area contributed by atoms with Crippen molar-refractivity contribution in [1.29, 1.82) is 0 Å². The first-order valence-corrected chi connectivity index (χ1v) is 5.66. The van der Waals surface area contributed by atoms with Crippen LogP contribution >= 0.6 is 24.8 Å². The van der Waals surface area contributed by atoms with E-state index in [9.17, 15) is 8.42 Å². The second kappa shape index (κ2) is 3.85. The van der Waals surface area contributed by atoms with Crippen molar-refractivity contribution in [3.63, 3.8) is 0 Å². The van der Waals surface area contributed by atoms with Crippen LogP contribution in [0.4, 0.5) is 0 Å². The molecule has 4 nitrogen and oxygen atoms in total. The van der Waals surface area contributed by atoms with E-state index in [1.807, 2.05) is 0 Å². The molecule has 76 valence electrons. The molecule has 2 aromatic rings. The highest BCUT2D eigenvalue weighted by atomic mass is 32.3. The summed E-state index contributed by atoms with van der Waals surface area (Å²) in [5, 5.41) is 0. The minimum absolute atomic E-state index is 0. The zero-order valence-electron chi connectivity index (χ0n) is 6.84. The summed E-state index contributed by atoms with van der Waals surface area (Å²) >= 11 is 0.955. The molecule has 0 aliphatic rings. The fraction of sp³-hybridized carbons (Fsp3) is 0. The van der Waals surface area contributed by atoms with E-state index in [1.165, 1.54) is 0 Å². The number of fused-ring (bicyclic) bond motifs is 1. The SMILES string of the molecule is O=S(=O)(O)c1nc2ccccc2s1.S. The second-order valence-electron chi connectivity index (χ2n) is 2.42. The highest BCUT2D eigenvalue weighted by molar-refractivity contribution is 7.88. The Morgan fingerprint density at radius 2 is 1.93 bits per heavy atom. The smallest absolute Gasteiger partial charge is 0.280 e. The number of nitrogens with zero attached hydrogens (tertiary/aromatic N) is 1. The predicted octanol–water partition coefficient (Wildman–Crippen LogP) is 1.66. The Labute approximate surface area is 91.8 Å². The third kappa shape index (κ3) is 2.06. The van der Waals surface area contributed by atoms with E-state index in [2.05, 4.69) is 4.98 Å². The van der Waals surface area contributed by atoms with Crippen LogP contribution in [0.15, 0.2) is 28.6 Å². The second-order valence-corrected chi connectivity index (χ2v) is 5.05. The van der Waals surface area contributed by atoms with E-state index in [4.69, 9.17) is 4.55 Å². The maximum atomic E-state index is 10.7. The molecule has 0 saturated heterocycles. The van der Waals surface area contributed by atoms with E-state index >= 15 is 0 Å². The Bertz CT molecular complexity index is 513. The lowest BCUT2D eigenvalue weighted by atomic mass is 10.3. The molecule has 0 aliphatic carbocycles. The van der Waals surface area contributed by atoms with Gasteiger partial charge in [0, 0.05) is 0 Å². The van der Waals surface area contributed by atoms with Crippen LogP contribution in [0.1, 0.15) is 0 Å². The maximum Gasteiger partial charge on any atom is 0.322 e. The Morgan fingerprint density at radius 3 is 2.50 bits per heavy atom. The molecule has 1 heterocycles. The molecular weight excluding hydrogens is 242 g/mol. The molecule has 0 unspecified atom stereocenters. The van der Waals surface area contributed by atoms with Crippen molar-refractivity contribution in [2.45, 2.75) is 4.34 Å². The number of rotatable bonds is 1. The molecule has 0 atom stereocenters. The topological polar surface area (TPSA) is 67.3 Å². The minimum atomic E-state index is -4.16. The number of hydrogen-bond donors (Lipinski definition) is 1. The number of aromatic nitrogens is 1. The molecule has 0 amide bonds. The molecule has 2 rings (SSSR count). The van der Waals surface area contributed by atoms with Crippen molar-refractivity contribution in [2.24, 2.45) is 0 Å². The first-order valence-electron chi connectivity index (χ1n) is 3.40. The third-order valence-electron chi connectivity index (χ3n) is 1.49. The summed E-state index contributed by atoms with van der Waals surface area (Å²) in [5.41, 5.74) is 0.583. The largest absolute Gasteiger partial charge is 0.322 e. The molecule has 0 radical (unpaired) electrons. The molecule has 7 heteroatoms. The number of para-hydroxylation sites is 1. The van der Waals surface area contributed by atoms with Crippen LogP contribution in [-0.4, -0.2) is 18.0 Å². The van der Waals surface area contributed by atoms with Crippen LogP contribution in [0, 0.1) is 0 Å². The van der Waals surface area contributed by atoms with E-state index in [0.717, 1.165) is 16.0 Å². The Balaban J connectivity index is 0.000000980. The van der Waals surface area contributed by atoms with Crippen molar-refractivity contribution < 1.29 is 13.0 Å². The summed E-state index contributed by atoms with van der Waals surface area (Å²) in [6, 6.07) is 6.99. The predicted molar refractivity (Wildman–Crippen MR) is 59.8 cm³/mol. The van der Waals surface area contributed by atoms with Crippen LogP contribution in [0.25, 0.3) is 10.2 Å². The third-order valence-corrected chi connectivity index (χ3v) is 3.74. The van der Waals surface area contributed by atoms with Crippen molar-refractivity contribution >= 4 is 45.2 Å². The Morgan fingerprint density at radius 1 is 1.29 bits per heavy atom. The highest BCUT2D eigenvalue weighted by Gasteiger charge is 2.15. The molecular formula is C7H7NO3S3. The molecule has 0 aliphatic heterocycles. The summed E-state index contributed by atoms with van der Waals surface area (Å²) < 4.78 is 30.6. The van der Waals surface area contributed by atoms with Crippen LogP contribution in [-0.2, 0) is 10.1 Å². The molecule has 0 bridgehead atoms. The minimum Gasteiger partial charge on any atom is -0.280 e. The van der Waals surface area contributed by atoms with Gasteiger partial charge >= 0.3 is 10.1 Å². The zero-order valence-corrected chi connectivity index (χ0v) is 9.47. The van der Waals surface area contributed by atoms with Gasteiger partial charge in [-0.2, -0.15) is 21.9 Å². The quantitative estimate of drug-likeness (QED) is 0.780. The Kier molecular flexibility index (Phi) is 3.15. The van der Waals surface area contributed by atoms with Crippen LogP contribution in [0.3, 0.4) is 0 Å². The van der Waals surface area contributed by atoms with Crippen molar-refractivity contribution in [1.82, 2.24) is 4.98 Å². The van der Waals surface area contributed by atoms with Crippen molar-refractivity contribution in [3.05, 3.63) is 24.3 Å². The highest BCUT2D eigenvalue weighted by Crippen LogP contribution is 2.24. The average Bonchev–Trinajstić information content (AvgIpc) is 2.45. The van der Waals surface area contributed by atoms with Gasteiger partial charge in [-0.1, -0.05) is 12.1 Å². The standard InChI is InChI=1S/C7H5NO3S2.H2S/c9-13(10,11)7-8-5-3-1-2-4-6(5)12-7;/h1-4H,(H,9,10,11);1H2. The lowest BCUT2D eigenvalue weighted by Gasteiger charge is -1.83. The molecule has 1 aromatic carbocycles. The van der Waals surface area contributed by atoms with E-state index in [1.54, 1.807) is 24.3 Å². The van der Waals surface area contributed by atoms with Gasteiger partial charge in [0.15, 0.2) is 0 Å².